The van der Waals surface area contributed by atoms with Gasteiger partial charge in [0.25, 0.3) is 5.56 Å². The fraction of sp³-hybridized carbons (Fsp3) is 0.0769. The lowest BCUT2D eigenvalue weighted by atomic mass is 10.1. The maximum atomic E-state index is 12.5. The summed E-state index contributed by atoms with van der Waals surface area (Å²) in [5.74, 6) is 0.741. The number of para-hydroxylation sites is 1. The minimum atomic E-state index is -0.556. The molecule has 0 atom stereocenters. The van der Waals surface area contributed by atoms with Gasteiger partial charge in [-0.15, -0.1) is 0 Å². The zero-order valence-corrected chi connectivity index (χ0v) is 18.4. The first-order valence-electron chi connectivity index (χ1n) is 10.2. The van der Waals surface area contributed by atoms with Gasteiger partial charge in [-0.3, -0.25) is 4.79 Å². The number of nitrogens with zero attached hydrogens (tertiary/aromatic N) is 2. The van der Waals surface area contributed by atoms with Gasteiger partial charge in [0.15, 0.2) is 17.3 Å². The van der Waals surface area contributed by atoms with E-state index in [4.69, 9.17) is 14.2 Å². The number of nitriles is 1. The van der Waals surface area contributed by atoms with Gasteiger partial charge >= 0.3 is 5.97 Å². The van der Waals surface area contributed by atoms with Crippen molar-refractivity contribution >= 4 is 28.5 Å². The quantitative estimate of drug-likeness (QED) is 0.264. The molecule has 34 heavy (non-hydrogen) atoms. The van der Waals surface area contributed by atoms with Crippen LogP contribution in [0.4, 0.5) is 0 Å². The lowest BCUT2D eigenvalue weighted by Gasteiger charge is -2.10. The highest BCUT2D eigenvalue weighted by Crippen LogP contribution is 2.30. The fourth-order valence-corrected chi connectivity index (χ4v) is 3.28. The molecule has 1 N–H and O–H groups in total. The van der Waals surface area contributed by atoms with Crippen LogP contribution in [0.2, 0.25) is 0 Å². The molecule has 0 amide bonds. The van der Waals surface area contributed by atoms with Crippen LogP contribution in [0.25, 0.3) is 22.6 Å². The summed E-state index contributed by atoms with van der Waals surface area (Å²) in [6, 6.07) is 20.3. The Kier molecular flexibility index (Phi) is 6.37. The average molecular weight is 453 g/mol. The van der Waals surface area contributed by atoms with Crippen molar-refractivity contribution < 1.29 is 19.0 Å². The maximum absolute atomic E-state index is 12.5. The largest absolute Gasteiger partial charge is 0.497 e. The first-order valence-corrected chi connectivity index (χ1v) is 10.2. The van der Waals surface area contributed by atoms with Crippen molar-refractivity contribution in [1.82, 2.24) is 9.97 Å². The van der Waals surface area contributed by atoms with Gasteiger partial charge in [-0.25, -0.2) is 9.78 Å². The number of esters is 1. The molecule has 168 valence electrons. The van der Waals surface area contributed by atoms with E-state index in [-0.39, 0.29) is 22.7 Å². The van der Waals surface area contributed by atoms with Gasteiger partial charge in [-0.05, 0) is 60.2 Å². The van der Waals surface area contributed by atoms with E-state index in [0.29, 0.717) is 33.5 Å². The average Bonchev–Trinajstić information content (AvgIpc) is 2.87. The number of aromatic amines is 1. The summed E-state index contributed by atoms with van der Waals surface area (Å²) in [4.78, 5) is 31.9. The molecule has 0 spiro atoms. The Morgan fingerprint density at radius 1 is 1.00 bits per heavy atom. The second kappa shape index (κ2) is 9.71. The van der Waals surface area contributed by atoms with Gasteiger partial charge in [-0.2, -0.15) is 5.26 Å². The minimum absolute atomic E-state index is 0.153. The van der Waals surface area contributed by atoms with E-state index < -0.39 is 5.97 Å². The number of nitrogens with one attached hydrogen (secondary N) is 1. The van der Waals surface area contributed by atoms with Crippen LogP contribution in [0.15, 0.2) is 71.5 Å². The molecule has 0 aliphatic carbocycles. The first-order chi connectivity index (χ1) is 16.5. The van der Waals surface area contributed by atoms with E-state index >= 15 is 0 Å². The number of hydrogen-bond acceptors (Lipinski definition) is 7. The van der Waals surface area contributed by atoms with Crippen LogP contribution in [0.3, 0.4) is 0 Å². The summed E-state index contributed by atoms with van der Waals surface area (Å²) in [6.45, 7) is 0. The van der Waals surface area contributed by atoms with E-state index in [0.717, 1.165) is 0 Å². The van der Waals surface area contributed by atoms with Crippen molar-refractivity contribution in [3.63, 3.8) is 0 Å². The summed E-state index contributed by atoms with van der Waals surface area (Å²) in [6.07, 6.45) is 1.56. The Hall–Kier alpha value is -4.90. The number of carbonyl (C=O) groups is 1. The van der Waals surface area contributed by atoms with Crippen LogP contribution in [0, 0.1) is 11.3 Å². The molecule has 4 rings (SSSR count). The number of allylic oxidation sites excluding steroid dienone is 1. The number of hydrogen-bond donors (Lipinski definition) is 1. The summed E-state index contributed by atoms with van der Waals surface area (Å²) >= 11 is 0. The van der Waals surface area contributed by atoms with E-state index in [9.17, 15) is 14.9 Å². The molecular formula is C26H19N3O5. The molecule has 4 aromatic rings. The number of carbonyl (C=O) groups excluding carboxylic acids is 1. The SMILES string of the molecule is COc1ccc(C(=O)Oc2ccc(C=C(C#N)c3nc4ccccc4c(=O)[nH]3)cc2OC)cc1. The van der Waals surface area contributed by atoms with E-state index in [1.165, 1.54) is 7.11 Å². The second-order valence-electron chi connectivity index (χ2n) is 7.13. The Morgan fingerprint density at radius 2 is 1.76 bits per heavy atom. The van der Waals surface area contributed by atoms with E-state index in [2.05, 4.69) is 16.0 Å². The summed E-state index contributed by atoms with van der Waals surface area (Å²) in [5.41, 5.74) is 1.26. The summed E-state index contributed by atoms with van der Waals surface area (Å²) in [7, 11) is 2.99. The zero-order valence-electron chi connectivity index (χ0n) is 18.4. The maximum Gasteiger partial charge on any atom is 0.343 e. The van der Waals surface area contributed by atoms with Crippen LogP contribution in [0.5, 0.6) is 17.2 Å². The predicted molar refractivity (Wildman–Crippen MR) is 127 cm³/mol. The van der Waals surface area contributed by atoms with Crippen LogP contribution < -0.4 is 19.8 Å². The van der Waals surface area contributed by atoms with Gasteiger partial charge in [0.05, 0.1) is 36.3 Å². The Morgan fingerprint density at radius 3 is 2.47 bits per heavy atom. The molecule has 0 saturated heterocycles. The monoisotopic (exact) mass is 453 g/mol. The molecule has 8 nitrogen and oxygen atoms in total. The number of ether oxygens (including phenoxy) is 3. The normalized spacial score (nSPS) is 11.0. The highest BCUT2D eigenvalue weighted by molar-refractivity contribution is 5.92. The lowest BCUT2D eigenvalue weighted by molar-refractivity contribution is 0.0729. The topological polar surface area (TPSA) is 114 Å². The number of fused-ring (bicyclic) bond motifs is 1. The Labute approximate surface area is 194 Å². The van der Waals surface area contributed by atoms with Crippen molar-refractivity contribution in [3.05, 3.63) is 94.0 Å². The van der Waals surface area contributed by atoms with E-state index in [1.807, 2.05) is 0 Å². The minimum Gasteiger partial charge on any atom is -0.497 e. The molecule has 0 aliphatic heterocycles. The van der Waals surface area contributed by atoms with Gasteiger partial charge in [0, 0.05) is 0 Å². The molecule has 0 unspecified atom stereocenters. The molecule has 3 aromatic carbocycles. The molecule has 0 fully saturated rings. The van der Waals surface area contributed by atoms with Crippen molar-refractivity contribution in [1.29, 1.82) is 5.26 Å². The lowest BCUT2D eigenvalue weighted by Crippen LogP contribution is -2.11. The molecule has 1 heterocycles. The molecule has 0 saturated carbocycles. The van der Waals surface area contributed by atoms with Crippen molar-refractivity contribution in [3.8, 4) is 23.3 Å². The second-order valence-corrected chi connectivity index (χ2v) is 7.13. The van der Waals surface area contributed by atoms with E-state index in [1.54, 1.807) is 79.9 Å². The third-order valence-corrected chi connectivity index (χ3v) is 5.02. The number of H-pyrrole nitrogens is 1. The van der Waals surface area contributed by atoms with Crippen LogP contribution >= 0.6 is 0 Å². The van der Waals surface area contributed by atoms with Crippen LogP contribution in [-0.2, 0) is 0 Å². The summed E-state index contributed by atoms with van der Waals surface area (Å²) < 4.78 is 15.9. The number of methoxy groups -OCH3 is 2. The van der Waals surface area contributed by atoms with Crippen molar-refractivity contribution in [2.24, 2.45) is 0 Å². The molecule has 0 radical (unpaired) electrons. The van der Waals surface area contributed by atoms with Gasteiger partial charge in [0.2, 0.25) is 0 Å². The Balaban J connectivity index is 1.63. The fourth-order valence-electron chi connectivity index (χ4n) is 3.28. The Bertz CT molecular complexity index is 1500. The zero-order chi connectivity index (χ0) is 24.1. The highest BCUT2D eigenvalue weighted by Gasteiger charge is 2.14. The highest BCUT2D eigenvalue weighted by atomic mass is 16.6. The number of aromatic nitrogens is 2. The van der Waals surface area contributed by atoms with Gasteiger partial charge < -0.3 is 19.2 Å². The third kappa shape index (κ3) is 4.64. The van der Waals surface area contributed by atoms with Crippen LogP contribution in [0.1, 0.15) is 21.7 Å². The number of benzene rings is 3. The smallest absolute Gasteiger partial charge is 0.343 e. The standard InChI is InChI=1S/C26H19N3O5/c1-32-19-10-8-17(9-11-19)26(31)34-22-12-7-16(14-23(22)33-2)13-18(15-27)24-28-21-6-4-3-5-20(21)25(30)29-24/h3-14H,1-2H3,(H,28,29,30). The van der Waals surface area contributed by atoms with Crippen molar-refractivity contribution in [2.75, 3.05) is 14.2 Å². The molecule has 0 bridgehead atoms. The number of rotatable bonds is 6. The first kappa shape index (κ1) is 22.3. The third-order valence-electron chi connectivity index (χ3n) is 5.02. The molecular weight excluding hydrogens is 434 g/mol. The summed E-state index contributed by atoms with van der Waals surface area (Å²) in [5, 5.41) is 10.1. The van der Waals surface area contributed by atoms with Gasteiger partial charge in [-0.1, -0.05) is 18.2 Å². The van der Waals surface area contributed by atoms with Crippen molar-refractivity contribution in [2.45, 2.75) is 0 Å². The predicted octanol–water partition coefficient (Wildman–Crippen LogP) is 4.22. The molecule has 0 aliphatic rings. The molecule has 1 aromatic heterocycles. The van der Waals surface area contributed by atoms with Gasteiger partial charge in [0.1, 0.15) is 11.8 Å². The van der Waals surface area contributed by atoms with Crippen LogP contribution in [-0.4, -0.2) is 30.2 Å². The molecule has 8 heteroatoms.